The molecule has 14 nitrogen and oxygen atoms in total. The lowest BCUT2D eigenvalue weighted by Crippen LogP contribution is -2.60. The van der Waals surface area contributed by atoms with E-state index in [1.807, 2.05) is 84.9 Å². The van der Waals surface area contributed by atoms with Gasteiger partial charge in [-0.3, -0.25) is 19.2 Å². The molecule has 0 bridgehead atoms. The Morgan fingerprint density at radius 2 is 1.32 bits per heavy atom. The van der Waals surface area contributed by atoms with E-state index in [-0.39, 0.29) is 44.9 Å². The number of nitrogens with zero attached hydrogens (tertiary/aromatic N) is 1. The maximum Gasteiger partial charge on any atom is 0.276 e. The summed E-state index contributed by atoms with van der Waals surface area (Å²) in [5, 5.41) is 21.3. The van der Waals surface area contributed by atoms with Crippen molar-refractivity contribution < 1.29 is 27.6 Å². The van der Waals surface area contributed by atoms with Gasteiger partial charge in [0.25, 0.3) is 10.2 Å². The Morgan fingerprint density at radius 1 is 0.717 bits per heavy atom. The van der Waals surface area contributed by atoms with Crippen LogP contribution in [0.1, 0.15) is 36.0 Å². The van der Waals surface area contributed by atoms with Crippen molar-refractivity contribution in [3.05, 3.63) is 108 Å². The Balaban J connectivity index is 1.30. The van der Waals surface area contributed by atoms with E-state index in [2.05, 4.69) is 31.6 Å². The van der Waals surface area contributed by atoms with E-state index in [1.165, 1.54) is 4.31 Å². The molecule has 3 aromatic carbocycles. The standard InChI is InChI=1S/C38H46N8O6S/c39-53(51,52)46-17-15-28(16-18-46)42-34-22-35(47)44-33(21-27-23-40-31-14-8-7-13-30(27)31)38(50)45-32(20-26-11-5-2-6-12-26)37(49)43-29(24-41-36(34)48)19-25-9-3-1-4-10-25/h1-14,23,28-29,32-34,40,42H,15-22,24H2,(H,41,48)(H,43,49)(H,44,47)(H,45,50)(H2,39,51,52)/t29-,32+,33+,34-/m1/s1. The second-order valence-electron chi connectivity index (χ2n) is 13.7. The predicted octanol–water partition coefficient (Wildman–Crippen LogP) is 0.796. The number of carbonyl (C=O) groups excluding carboxylic acids is 4. The molecular weight excluding hydrogens is 697 g/mol. The van der Waals surface area contributed by atoms with Crippen molar-refractivity contribution in [1.82, 2.24) is 35.9 Å². The number of fused-ring (bicyclic) bond motifs is 1. The minimum atomic E-state index is -3.85. The molecule has 2 aliphatic rings. The first-order chi connectivity index (χ1) is 25.5. The van der Waals surface area contributed by atoms with Gasteiger partial charge in [-0.25, -0.2) is 5.14 Å². The maximum atomic E-state index is 14.2. The third kappa shape index (κ3) is 10.3. The van der Waals surface area contributed by atoms with E-state index in [9.17, 15) is 27.6 Å². The summed E-state index contributed by atoms with van der Waals surface area (Å²) in [4.78, 5) is 59.2. The third-order valence-corrected chi connectivity index (χ3v) is 10.9. The molecule has 0 unspecified atom stereocenters. The number of carbonyl (C=O) groups is 4. The van der Waals surface area contributed by atoms with Crippen LogP contribution in [0.4, 0.5) is 0 Å². The maximum absolute atomic E-state index is 14.2. The molecule has 1 aromatic heterocycles. The molecule has 0 radical (unpaired) electrons. The lowest BCUT2D eigenvalue weighted by Gasteiger charge is -2.33. The molecule has 3 heterocycles. The molecule has 2 fully saturated rings. The van der Waals surface area contributed by atoms with Crippen molar-refractivity contribution in [2.75, 3.05) is 19.6 Å². The van der Waals surface area contributed by atoms with Crippen molar-refractivity contribution in [3.8, 4) is 0 Å². The molecule has 2 saturated heterocycles. The van der Waals surface area contributed by atoms with Crippen LogP contribution >= 0.6 is 0 Å². The van der Waals surface area contributed by atoms with Crippen molar-refractivity contribution in [2.45, 2.75) is 68.7 Å². The molecule has 280 valence electrons. The van der Waals surface area contributed by atoms with Gasteiger partial charge in [0.05, 0.1) is 18.5 Å². The minimum absolute atomic E-state index is 0.0539. The fourth-order valence-electron chi connectivity index (χ4n) is 7.01. The highest BCUT2D eigenvalue weighted by atomic mass is 32.2. The van der Waals surface area contributed by atoms with Gasteiger partial charge >= 0.3 is 0 Å². The topological polar surface area (TPSA) is 208 Å². The lowest BCUT2D eigenvalue weighted by atomic mass is 10.00. The molecule has 0 spiro atoms. The summed E-state index contributed by atoms with van der Waals surface area (Å²) in [7, 11) is -3.85. The fraction of sp³-hybridized carbons (Fsp3) is 0.368. The van der Waals surface area contributed by atoms with E-state index in [1.54, 1.807) is 6.20 Å². The average Bonchev–Trinajstić information content (AvgIpc) is 3.55. The molecule has 0 saturated carbocycles. The summed E-state index contributed by atoms with van der Waals surface area (Å²) in [5.74, 6) is -1.97. The van der Waals surface area contributed by atoms with E-state index >= 15 is 0 Å². The Morgan fingerprint density at radius 3 is 2.00 bits per heavy atom. The monoisotopic (exact) mass is 742 g/mol. The third-order valence-electron chi connectivity index (χ3n) is 9.82. The zero-order chi connectivity index (χ0) is 37.4. The summed E-state index contributed by atoms with van der Waals surface area (Å²) in [6.07, 6.45) is 2.98. The van der Waals surface area contributed by atoms with E-state index in [0.29, 0.717) is 19.3 Å². The Bertz CT molecular complexity index is 2000. The number of hydrogen-bond donors (Lipinski definition) is 7. The predicted molar refractivity (Wildman–Crippen MR) is 200 cm³/mol. The van der Waals surface area contributed by atoms with Gasteiger partial charge in [-0.1, -0.05) is 78.9 Å². The number of piperidine rings is 1. The number of nitrogens with two attached hydrogens (primary N) is 1. The normalized spacial score (nSPS) is 23.0. The van der Waals surface area contributed by atoms with Crippen LogP contribution in [0.2, 0.25) is 0 Å². The number of aromatic nitrogens is 1. The smallest absolute Gasteiger partial charge is 0.276 e. The van der Waals surface area contributed by atoms with Gasteiger partial charge in [-0.15, -0.1) is 0 Å². The van der Waals surface area contributed by atoms with Crippen molar-refractivity contribution in [3.63, 3.8) is 0 Å². The van der Waals surface area contributed by atoms with E-state index in [4.69, 9.17) is 5.14 Å². The number of H-pyrrole nitrogens is 1. The number of rotatable bonds is 9. The van der Waals surface area contributed by atoms with Crippen LogP contribution in [0.25, 0.3) is 10.9 Å². The van der Waals surface area contributed by atoms with Crippen molar-refractivity contribution in [2.24, 2.45) is 5.14 Å². The summed E-state index contributed by atoms with van der Waals surface area (Å²) >= 11 is 0. The first kappa shape index (κ1) is 37.7. The van der Waals surface area contributed by atoms with Gasteiger partial charge in [0, 0.05) is 55.6 Å². The number of benzene rings is 3. The quantitative estimate of drug-likeness (QED) is 0.131. The molecule has 8 N–H and O–H groups in total. The van der Waals surface area contributed by atoms with Crippen LogP contribution in [0.15, 0.2) is 91.1 Å². The fourth-order valence-corrected chi connectivity index (χ4v) is 7.73. The van der Waals surface area contributed by atoms with Crippen molar-refractivity contribution >= 4 is 44.7 Å². The molecule has 0 aliphatic carbocycles. The molecule has 2 aliphatic heterocycles. The van der Waals surface area contributed by atoms with Crippen LogP contribution in [0, 0.1) is 0 Å². The summed E-state index contributed by atoms with van der Waals surface area (Å²) < 4.78 is 25.0. The van der Waals surface area contributed by atoms with Gasteiger partial charge in [-0.05, 0) is 42.0 Å². The highest BCUT2D eigenvalue weighted by Crippen LogP contribution is 2.20. The van der Waals surface area contributed by atoms with Gasteiger partial charge in [0.15, 0.2) is 0 Å². The highest BCUT2D eigenvalue weighted by molar-refractivity contribution is 7.86. The van der Waals surface area contributed by atoms with E-state index < -0.39 is 58.0 Å². The number of aromatic amines is 1. The SMILES string of the molecule is NS(=O)(=O)N1CCC(N[C@@H]2CC(=O)N[C@@H](Cc3c[nH]c4ccccc34)C(=O)N[C@@H](Cc3ccccc3)C(=O)N[C@H](Cc3ccccc3)CNC2=O)CC1. The van der Waals surface area contributed by atoms with Crippen LogP contribution in [0.3, 0.4) is 0 Å². The van der Waals surface area contributed by atoms with Crippen LogP contribution in [-0.4, -0.2) is 91.2 Å². The number of amides is 4. The molecule has 6 rings (SSSR count). The second-order valence-corrected chi connectivity index (χ2v) is 15.3. The molecule has 4 amide bonds. The first-order valence-corrected chi connectivity index (χ1v) is 19.4. The molecule has 4 aromatic rings. The number of hydrogen-bond acceptors (Lipinski definition) is 7. The number of para-hydroxylation sites is 1. The molecule has 4 atom stereocenters. The lowest BCUT2D eigenvalue weighted by molar-refractivity contribution is -0.133. The largest absolute Gasteiger partial charge is 0.361 e. The average molecular weight is 743 g/mol. The Hall–Kier alpha value is -5.09. The first-order valence-electron chi connectivity index (χ1n) is 17.9. The summed E-state index contributed by atoms with van der Waals surface area (Å²) in [6.45, 7) is 0.386. The summed E-state index contributed by atoms with van der Waals surface area (Å²) in [5.41, 5.74) is 3.44. The zero-order valence-electron chi connectivity index (χ0n) is 29.3. The molecule has 15 heteroatoms. The Kier molecular flexibility index (Phi) is 12.2. The van der Waals surface area contributed by atoms with Crippen molar-refractivity contribution in [1.29, 1.82) is 0 Å². The van der Waals surface area contributed by atoms with Crippen LogP contribution < -0.4 is 31.7 Å². The van der Waals surface area contributed by atoms with Crippen LogP contribution in [-0.2, 0) is 48.6 Å². The molecule has 53 heavy (non-hydrogen) atoms. The Labute approximate surface area is 308 Å². The van der Waals surface area contributed by atoms with Gasteiger partial charge in [-0.2, -0.15) is 12.7 Å². The second kappa shape index (κ2) is 17.2. The van der Waals surface area contributed by atoms with E-state index in [0.717, 1.165) is 27.6 Å². The van der Waals surface area contributed by atoms with Crippen LogP contribution in [0.5, 0.6) is 0 Å². The number of nitrogens with one attached hydrogen (secondary N) is 6. The van der Waals surface area contributed by atoms with Gasteiger partial charge in [0.2, 0.25) is 23.6 Å². The van der Waals surface area contributed by atoms with Gasteiger partial charge < -0.3 is 31.6 Å². The minimum Gasteiger partial charge on any atom is -0.361 e. The van der Waals surface area contributed by atoms with Gasteiger partial charge in [0.1, 0.15) is 12.1 Å². The molecular formula is C38H46N8O6S. The highest BCUT2D eigenvalue weighted by Gasteiger charge is 2.34. The summed E-state index contributed by atoms with van der Waals surface area (Å²) in [6, 6.07) is 22.6. The zero-order valence-corrected chi connectivity index (χ0v) is 30.1.